The topological polar surface area (TPSA) is 73.5 Å². The second kappa shape index (κ2) is 7.11. The minimum atomic E-state index is -0.279. The second-order valence-corrected chi connectivity index (χ2v) is 6.94. The fourth-order valence-electron chi connectivity index (χ4n) is 3.40. The summed E-state index contributed by atoms with van der Waals surface area (Å²) in [6.45, 7) is 3.44. The van der Waals surface area contributed by atoms with Crippen LogP contribution >= 0.6 is 0 Å². The van der Waals surface area contributed by atoms with Crippen LogP contribution in [0.5, 0.6) is 0 Å². The van der Waals surface area contributed by atoms with E-state index in [1.54, 1.807) is 23.8 Å². The minimum absolute atomic E-state index is 0.192. The summed E-state index contributed by atoms with van der Waals surface area (Å²) in [5.41, 5.74) is 1.63. The molecule has 0 bridgehead atoms. The third-order valence-corrected chi connectivity index (χ3v) is 5.03. The molecule has 1 saturated heterocycles. The molecule has 1 aromatic carbocycles. The van der Waals surface area contributed by atoms with Crippen LogP contribution in [0.1, 0.15) is 35.7 Å². The summed E-state index contributed by atoms with van der Waals surface area (Å²) in [6, 6.07) is 5.08. The lowest BCUT2D eigenvalue weighted by molar-refractivity contribution is 0.0832. The van der Waals surface area contributed by atoms with Crippen molar-refractivity contribution in [2.24, 2.45) is 7.05 Å². The van der Waals surface area contributed by atoms with Gasteiger partial charge in [-0.1, -0.05) is 12.1 Å². The Morgan fingerprint density at radius 3 is 2.85 bits per heavy atom. The molecule has 1 aliphatic heterocycles. The third-order valence-electron chi connectivity index (χ3n) is 5.03. The van der Waals surface area contributed by atoms with Gasteiger partial charge in [0, 0.05) is 38.3 Å². The number of halogens is 1. The highest BCUT2D eigenvalue weighted by Gasteiger charge is 2.23. The first-order valence-corrected chi connectivity index (χ1v) is 9.06. The van der Waals surface area contributed by atoms with Crippen LogP contribution in [0, 0.1) is 12.7 Å². The van der Waals surface area contributed by atoms with Gasteiger partial charge in [0.05, 0.1) is 6.20 Å². The molecule has 8 heteroatoms. The molecule has 3 aromatic rings. The van der Waals surface area contributed by atoms with Crippen LogP contribution in [-0.2, 0) is 18.3 Å². The molecule has 0 atom stereocenters. The largest absolute Gasteiger partial charge is 0.381 e. The third kappa shape index (κ3) is 3.32. The quantitative estimate of drug-likeness (QED) is 0.762. The number of benzene rings is 1. The summed E-state index contributed by atoms with van der Waals surface area (Å²) in [5.74, 6) is 1.08. The number of anilines is 1. The van der Waals surface area contributed by atoms with Gasteiger partial charge in [0.1, 0.15) is 11.6 Å². The van der Waals surface area contributed by atoms with Crippen molar-refractivity contribution in [1.29, 1.82) is 0 Å². The van der Waals surface area contributed by atoms with E-state index in [-0.39, 0.29) is 23.8 Å². The van der Waals surface area contributed by atoms with Gasteiger partial charge in [0.2, 0.25) is 5.95 Å². The first-order chi connectivity index (χ1) is 13.0. The van der Waals surface area contributed by atoms with Crippen molar-refractivity contribution in [3.8, 4) is 0 Å². The SMILES string of the molecule is Cc1ccc(CNc2nn3c(C4CCOCC4)ncc3c(=O)n2C)c(F)c1. The Bertz CT molecular complexity index is 1040. The zero-order valence-corrected chi connectivity index (χ0v) is 15.4. The fraction of sp³-hybridized carbons (Fsp3) is 0.421. The van der Waals surface area contributed by atoms with Crippen molar-refractivity contribution in [3.63, 3.8) is 0 Å². The predicted molar refractivity (Wildman–Crippen MR) is 99.5 cm³/mol. The molecule has 0 saturated carbocycles. The summed E-state index contributed by atoms with van der Waals surface area (Å²) in [5, 5.41) is 7.66. The van der Waals surface area contributed by atoms with Crippen LogP contribution in [0.4, 0.5) is 10.3 Å². The highest BCUT2D eigenvalue weighted by molar-refractivity contribution is 5.46. The lowest BCUT2D eigenvalue weighted by atomic mass is 10.00. The van der Waals surface area contributed by atoms with Crippen LogP contribution < -0.4 is 10.9 Å². The Labute approximate surface area is 155 Å². The number of aromatic nitrogens is 4. The summed E-state index contributed by atoms with van der Waals surface area (Å²) < 4.78 is 22.5. The van der Waals surface area contributed by atoms with Crippen LogP contribution in [-0.4, -0.2) is 32.4 Å². The zero-order valence-electron chi connectivity index (χ0n) is 15.4. The molecule has 0 spiro atoms. The van der Waals surface area contributed by atoms with E-state index >= 15 is 0 Å². The number of imidazole rings is 1. The highest BCUT2D eigenvalue weighted by Crippen LogP contribution is 2.25. The molecule has 0 amide bonds. The molecule has 4 rings (SSSR count). The van der Waals surface area contributed by atoms with E-state index in [2.05, 4.69) is 15.4 Å². The molecule has 1 N–H and O–H groups in total. The van der Waals surface area contributed by atoms with Crippen LogP contribution in [0.25, 0.3) is 5.52 Å². The van der Waals surface area contributed by atoms with E-state index in [1.165, 1.54) is 10.6 Å². The normalized spacial score (nSPS) is 15.4. The Kier molecular flexibility index (Phi) is 4.65. The van der Waals surface area contributed by atoms with E-state index in [0.29, 0.717) is 30.2 Å². The Morgan fingerprint density at radius 2 is 2.11 bits per heavy atom. The first-order valence-electron chi connectivity index (χ1n) is 9.06. The number of nitrogens with one attached hydrogen (secondary N) is 1. The molecule has 7 nitrogen and oxygen atoms in total. The molecule has 0 unspecified atom stereocenters. The van der Waals surface area contributed by atoms with Gasteiger partial charge in [-0.15, -0.1) is 5.10 Å². The maximum atomic E-state index is 14.1. The number of nitrogens with zero attached hydrogens (tertiary/aromatic N) is 4. The Balaban J connectivity index is 1.67. The summed E-state index contributed by atoms with van der Waals surface area (Å²) in [4.78, 5) is 17.1. The molecular formula is C19H22FN5O2. The Hall–Kier alpha value is -2.74. The summed E-state index contributed by atoms with van der Waals surface area (Å²) in [6.07, 6.45) is 3.28. The summed E-state index contributed by atoms with van der Waals surface area (Å²) >= 11 is 0. The monoisotopic (exact) mass is 371 g/mol. The van der Waals surface area contributed by atoms with E-state index in [0.717, 1.165) is 24.2 Å². The Morgan fingerprint density at radius 1 is 1.33 bits per heavy atom. The number of aryl methyl sites for hydroxylation is 1. The average Bonchev–Trinajstić information content (AvgIpc) is 3.09. The molecule has 3 heterocycles. The van der Waals surface area contributed by atoms with Crippen molar-refractivity contribution in [1.82, 2.24) is 19.2 Å². The highest BCUT2D eigenvalue weighted by atomic mass is 19.1. The van der Waals surface area contributed by atoms with Crippen molar-refractivity contribution >= 4 is 11.5 Å². The maximum Gasteiger partial charge on any atom is 0.280 e. The van der Waals surface area contributed by atoms with Gasteiger partial charge in [-0.3, -0.25) is 9.36 Å². The average molecular weight is 371 g/mol. The van der Waals surface area contributed by atoms with Gasteiger partial charge in [-0.25, -0.2) is 13.9 Å². The smallest absolute Gasteiger partial charge is 0.280 e. The van der Waals surface area contributed by atoms with Crippen molar-refractivity contribution in [3.05, 3.63) is 57.5 Å². The van der Waals surface area contributed by atoms with E-state index in [4.69, 9.17) is 4.74 Å². The van der Waals surface area contributed by atoms with E-state index in [9.17, 15) is 9.18 Å². The molecule has 1 fully saturated rings. The molecule has 1 aliphatic rings. The van der Waals surface area contributed by atoms with Crippen LogP contribution in [0.2, 0.25) is 0 Å². The first kappa shape index (κ1) is 17.7. The van der Waals surface area contributed by atoms with Gasteiger partial charge >= 0.3 is 0 Å². The lowest BCUT2D eigenvalue weighted by Gasteiger charge is -2.21. The number of hydrogen-bond acceptors (Lipinski definition) is 5. The van der Waals surface area contributed by atoms with Gasteiger partial charge in [0.15, 0.2) is 5.52 Å². The van der Waals surface area contributed by atoms with Crippen molar-refractivity contribution < 1.29 is 9.13 Å². The molecular weight excluding hydrogens is 349 g/mol. The number of rotatable bonds is 4. The van der Waals surface area contributed by atoms with E-state index in [1.807, 2.05) is 13.0 Å². The molecule has 27 heavy (non-hydrogen) atoms. The molecule has 0 radical (unpaired) electrons. The number of ether oxygens (including phenoxy) is 1. The predicted octanol–water partition coefficient (Wildman–Crippen LogP) is 2.38. The standard InChI is InChI=1S/C19H22FN5O2/c1-12-3-4-14(15(20)9-12)10-22-19-23-25-16(18(26)24(19)2)11-21-17(25)13-5-7-27-8-6-13/h3-4,9,11,13H,5-8,10H2,1-2H3,(H,22,23). The van der Waals surface area contributed by atoms with Crippen molar-refractivity contribution in [2.45, 2.75) is 32.2 Å². The van der Waals surface area contributed by atoms with Crippen LogP contribution in [0.15, 0.2) is 29.2 Å². The number of fused-ring (bicyclic) bond motifs is 1. The molecule has 0 aliphatic carbocycles. The zero-order chi connectivity index (χ0) is 19.0. The lowest BCUT2D eigenvalue weighted by Crippen LogP contribution is -2.26. The minimum Gasteiger partial charge on any atom is -0.381 e. The van der Waals surface area contributed by atoms with E-state index < -0.39 is 0 Å². The summed E-state index contributed by atoms with van der Waals surface area (Å²) in [7, 11) is 1.64. The van der Waals surface area contributed by atoms with Gasteiger partial charge in [-0.2, -0.15) is 0 Å². The van der Waals surface area contributed by atoms with Gasteiger partial charge in [-0.05, 0) is 31.4 Å². The van der Waals surface area contributed by atoms with Crippen LogP contribution in [0.3, 0.4) is 0 Å². The molecule has 142 valence electrons. The second-order valence-electron chi connectivity index (χ2n) is 6.94. The maximum absolute atomic E-state index is 14.1. The molecule has 2 aromatic heterocycles. The van der Waals surface area contributed by atoms with Gasteiger partial charge in [0.25, 0.3) is 5.56 Å². The number of hydrogen-bond donors (Lipinski definition) is 1. The fourth-order valence-corrected chi connectivity index (χ4v) is 3.40. The van der Waals surface area contributed by atoms with Gasteiger partial charge < -0.3 is 10.1 Å². The van der Waals surface area contributed by atoms with Crippen molar-refractivity contribution in [2.75, 3.05) is 18.5 Å².